The van der Waals surface area contributed by atoms with Gasteiger partial charge >= 0.3 is 12.1 Å². The van der Waals surface area contributed by atoms with Crippen LogP contribution in [0.25, 0.3) is 22.4 Å². The molecule has 1 amide bonds. The summed E-state index contributed by atoms with van der Waals surface area (Å²) in [5, 5.41) is 30.7. The Kier molecular flexibility index (Phi) is 8.27. The third-order valence-corrected chi connectivity index (χ3v) is 10.2. The van der Waals surface area contributed by atoms with E-state index in [2.05, 4.69) is 22.9 Å². The summed E-state index contributed by atoms with van der Waals surface area (Å²) in [7, 11) is 2.08. The number of nitriles is 1. The smallest absolute Gasteiger partial charge is 0.407 e. The SMILES string of the molecule is CN1CCC[C@H]1COc1nc2c(c(N3CCN(C(=O)O)[C@@](CC#N)(C(C)(C)C)C3)n1)CCc1ccc(-c3c(O)cccc3F)cc1-2. The maximum atomic E-state index is 15.0. The number of rotatable bonds is 6. The van der Waals surface area contributed by atoms with Gasteiger partial charge in [0.15, 0.2) is 0 Å². The highest BCUT2D eigenvalue weighted by atomic mass is 19.1. The third kappa shape index (κ3) is 5.49. The number of carbonyl (C=O) groups is 1. The summed E-state index contributed by atoms with van der Waals surface area (Å²) in [6.45, 7) is 8.23. The van der Waals surface area contributed by atoms with Gasteiger partial charge in [0.1, 0.15) is 24.0 Å². The van der Waals surface area contributed by atoms with Crippen molar-refractivity contribution >= 4 is 11.9 Å². The second-order valence-corrected chi connectivity index (χ2v) is 13.7. The molecular formula is C35H41FN6O4. The van der Waals surface area contributed by atoms with E-state index < -0.39 is 22.9 Å². The molecule has 0 saturated carbocycles. The first-order valence-electron chi connectivity index (χ1n) is 15.9. The molecule has 0 spiro atoms. The molecule has 11 heteroatoms. The number of aryl methyl sites for hydroxylation is 1. The number of aromatic nitrogens is 2. The average molecular weight is 629 g/mol. The van der Waals surface area contributed by atoms with E-state index in [1.165, 1.54) is 23.1 Å². The van der Waals surface area contributed by atoms with Crippen molar-refractivity contribution in [2.24, 2.45) is 5.41 Å². The van der Waals surface area contributed by atoms with Crippen LogP contribution < -0.4 is 9.64 Å². The van der Waals surface area contributed by atoms with Crippen molar-refractivity contribution in [3.05, 3.63) is 53.3 Å². The quantitative estimate of drug-likeness (QED) is 0.352. The van der Waals surface area contributed by atoms with Gasteiger partial charge in [-0.3, -0.25) is 4.90 Å². The molecule has 2 aliphatic heterocycles. The van der Waals surface area contributed by atoms with Crippen molar-refractivity contribution < 1.29 is 24.1 Å². The highest BCUT2D eigenvalue weighted by Gasteiger charge is 2.52. The van der Waals surface area contributed by atoms with Gasteiger partial charge < -0.3 is 24.7 Å². The molecule has 0 radical (unpaired) electrons. The Hall–Kier alpha value is -4.43. The van der Waals surface area contributed by atoms with Gasteiger partial charge in [-0.15, -0.1) is 0 Å². The standard InChI is InChI=1S/C35H41FN6O4/c1-34(2,3)35(14-15-37)21-41(17-18-42(35)33(44)45)31-25-13-12-22-10-11-23(29-27(36)8-5-9-28(29)43)19-26(22)30(25)38-32(39-31)46-20-24-7-6-16-40(24)4/h5,8-11,19,24,43H,6-7,12-14,16-18,20-21H2,1-4H3,(H,44,45)/t24-,35+/m0/s1. The molecule has 3 aliphatic rings. The first kappa shape index (κ1) is 31.5. The summed E-state index contributed by atoms with van der Waals surface area (Å²) in [6.07, 6.45) is 2.45. The minimum atomic E-state index is -1.04. The first-order valence-corrected chi connectivity index (χ1v) is 15.9. The number of halogens is 1. The lowest BCUT2D eigenvalue weighted by Gasteiger charge is -2.55. The number of likely N-dealkylation sites (N-methyl/N-ethyl adjacent to an activating group) is 1. The summed E-state index contributed by atoms with van der Waals surface area (Å²) < 4.78 is 21.3. The van der Waals surface area contributed by atoms with Gasteiger partial charge in [-0.25, -0.2) is 9.18 Å². The van der Waals surface area contributed by atoms with Crippen LogP contribution >= 0.6 is 0 Å². The van der Waals surface area contributed by atoms with E-state index in [1.54, 1.807) is 0 Å². The Labute approximate surface area is 269 Å². The summed E-state index contributed by atoms with van der Waals surface area (Å²) in [5.41, 5.74) is 2.56. The van der Waals surface area contributed by atoms with E-state index in [4.69, 9.17) is 14.7 Å². The number of phenols is 1. The number of phenolic OH excluding ortho intramolecular Hbond substituents is 1. The number of nitrogens with zero attached hydrogens (tertiary/aromatic N) is 6. The van der Waals surface area contributed by atoms with E-state index in [-0.39, 0.29) is 42.9 Å². The molecule has 6 rings (SSSR count). The van der Waals surface area contributed by atoms with Gasteiger partial charge in [0.05, 0.1) is 29.3 Å². The molecule has 2 aromatic carbocycles. The maximum absolute atomic E-state index is 15.0. The predicted molar refractivity (Wildman–Crippen MR) is 172 cm³/mol. The van der Waals surface area contributed by atoms with Crippen molar-refractivity contribution in [2.45, 2.75) is 64.5 Å². The molecule has 46 heavy (non-hydrogen) atoms. The predicted octanol–water partition coefficient (Wildman–Crippen LogP) is 5.73. The zero-order valence-electron chi connectivity index (χ0n) is 26.9. The second kappa shape index (κ2) is 12.1. The van der Waals surface area contributed by atoms with Gasteiger partial charge in [-0.2, -0.15) is 15.2 Å². The van der Waals surface area contributed by atoms with E-state index in [0.29, 0.717) is 43.1 Å². The van der Waals surface area contributed by atoms with E-state index in [9.17, 15) is 24.7 Å². The molecule has 0 bridgehead atoms. The van der Waals surface area contributed by atoms with Crippen LogP contribution in [0, 0.1) is 22.6 Å². The first-order chi connectivity index (χ1) is 21.9. The highest BCUT2D eigenvalue weighted by Crippen LogP contribution is 2.45. The van der Waals surface area contributed by atoms with Crippen molar-refractivity contribution in [1.29, 1.82) is 5.26 Å². The summed E-state index contributed by atoms with van der Waals surface area (Å²) in [4.78, 5) is 28.2. The summed E-state index contributed by atoms with van der Waals surface area (Å²) in [5.74, 6) is 0.00827. The van der Waals surface area contributed by atoms with Crippen LogP contribution in [0.15, 0.2) is 36.4 Å². The van der Waals surface area contributed by atoms with Crippen molar-refractivity contribution in [3.63, 3.8) is 0 Å². The molecule has 2 saturated heterocycles. The van der Waals surface area contributed by atoms with Gasteiger partial charge in [0.2, 0.25) is 0 Å². The minimum absolute atomic E-state index is 0.0300. The fraction of sp³-hybridized carbons (Fsp3) is 0.486. The molecule has 2 N–H and O–H groups in total. The highest BCUT2D eigenvalue weighted by molar-refractivity contribution is 5.81. The molecule has 0 unspecified atom stereocenters. The number of likely N-dealkylation sites (tertiary alicyclic amines) is 1. The lowest BCUT2D eigenvalue weighted by molar-refractivity contribution is -0.00289. The minimum Gasteiger partial charge on any atom is -0.507 e. The maximum Gasteiger partial charge on any atom is 0.407 e. The molecule has 2 fully saturated rings. The zero-order chi connectivity index (χ0) is 32.8. The number of aromatic hydroxyl groups is 1. The Balaban J connectivity index is 1.48. The van der Waals surface area contributed by atoms with Gasteiger partial charge in [-0.05, 0) is 74.0 Å². The summed E-state index contributed by atoms with van der Waals surface area (Å²) in [6, 6.07) is 12.7. The van der Waals surface area contributed by atoms with Crippen molar-refractivity contribution in [1.82, 2.24) is 19.8 Å². The van der Waals surface area contributed by atoms with Crippen LogP contribution in [0.2, 0.25) is 0 Å². The van der Waals surface area contributed by atoms with Gasteiger partial charge in [0.25, 0.3) is 0 Å². The Morgan fingerprint density at radius 3 is 2.65 bits per heavy atom. The molecule has 1 aromatic heterocycles. The van der Waals surface area contributed by atoms with Gasteiger partial charge in [0, 0.05) is 36.8 Å². The number of hydrogen-bond donors (Lipinski definition) is 2. The van der Waals surface area contributed by atoms with E-state index in [1.807, 2.05) is 39.0 Å². The van der Waals surface area contributed by atoms with Crippen LogP contribution in [0.3, 0.4) is 0 Å². The van der Waals surface area contributed by atoms with Gasteiger partial charge in [-0.1, -0.05) is 39.0 Å². The summed E-state index contributed by atoms with van der Waals surface area (Å²) >= 11 is 0. The monoisotopic (exact) mass is 628 g/mol. The van der Waals surface area contributed by atoms with Crippen LogP contribution in [0.1, 0.15) is 51.2 Å². The number of anilines is 1. The zero-order valence-corrected chi connectivity index (χ0v) is 26.9. The van der Waals surface area contributed by atoms with Crippen LogP contribution in [0.4, 0.5) is 15.0 Å². The molecular weight excluding hydrogens is 587 g/mol. The number of hydrogen-bond acceptors (Lipinski definition) is 8. The van der Waals surface area contributed by atoms with E-state index >= 15 is 0 Å². The molecule has 242 valence electrons. The van der Waals surface area contributed by atoms with Crippen LogP contribution in [-0.2, 0) is 12.8 Å². The Morgan fingerprint density at radius 2 is 1.98 bits per heavy atom. The molecule has 3 aromatic rings. The number of carboxylic acid groups (broad SMARTS) is 1. The number of benzene rings is 2. The number of fused-ring (bicyclic) bond motifs is 3. The molecule has 10 nitrogen and oxygen atoms in total. The normalized spacial score (nSPS) is 21.4. The lowest BCUT2D eigenvalue weighted by atomic mass is 9.69. The second-order valence-electron chi connectivity index (χ2n) is 13.7. The Bertz CT molecular complexity index is 1680. The number of piperazine rings is 1. The largest absolute Gasteiger partial charge is 0.507 e. The molecule has 2 atom stereocenters. The van der Waals surface area contributed by atoms with Crippen LogP contribution in [-0.4, -0.2) is 87.5 Å². The average Bonchev–Trinajstić information content (AvgIpc) is 3.43. The fourth-order valence-electron chi connectivity index (χ4n) is 7.38. The number of amides is 1. The van der Waals surface area contributed by atoms with Crippen molar-refractivity contribution in [2.75, 3.05) is 44.7 Å². The van der Waals surface area contributed by atoms with Crippen molar-refractivity contribution in [3.8, 4) is 40.2 Å². The van der Waals surface area contributed by atoms with E-state index in [0.717, 1.165) is 36.1 Å². The third-order valence-electron chi connectivity index (χ3n) is 10.2. The lowest BCUT2D eigenvalue weighted by Crippen LogP contribution is -2.69. The molecule has 1 aliphatic carbocycles. The fourth-order valence-corrected chi connectivity index (χ4v) is 7.38. The number of ether oxygens (including phenoxy) is 1. The molecule has 3 heterocycles. The topological polar surface area (TPSA) is 126 Å². The van der Waals surface area contributed by atoms with Crippen LogP contribution in [0.5, 0.6) is 11.8 Å². The Morgan fingerprint density at radius 1 is 1.17 bits per heavy atom.